The Morgan fingerprint density at radius 3 is 1.58 bits per heavy atom. The van der Waals surface area contributed by atoms with Crippen molar-refractivity contribution in [1.82, 2.24) is 0 Å². The maximum atomic E-state index is 2.57. The van der Waals surface area contributed by atoms with Crippen LogP contribution in [-0.2, 0) is 0 Å². The molecule has 0 nitrogen and oxygen atoms in total. The van der Waals surface area contributed by atoms with Crippen LogP contribution in [0.25, 0.3) is 0 Å². The molecule has 0 N–H and O–H groups in total. The molecule has 2 saturated carbocycles. The maximum absolute atomic E-state index is 2.57. The molecule has 0 heteroatoms. The molecule has 0 spiro atoms. The van der Waals surface area contributed by atoms with Crippen LogP contribution in [0.2, 0.25) is 0 Å². The largest absolute Gasteiger partial charge is 0.0883 e. The molecule has 0 aromatic carbocycles. The molecule has 2 aliphatic rings. The molecule has 2 aliphatic carbocycles. The van der Waals surface area contributed by atoms with E-state index < -0.39 is 0 Å². The van der Waals surface area contributed by atoms with Crippen molar-refractivity contribution in [1.29, 1.82) is 0 Å². The lowest BCUT2D eigenvalue weighted by molar-refractivity contribution is 0.291. The first-order valence-electron chi connectivity index (χ1n) is 11.1. The first kappa shape index (κ1) is 19.8. The molecular formula is C24H42. The van der Waals surface area contributed by atoms with Crippen molar-refractivity contribution in [3.63, 3.8) is 0 Å². The van der Waals surface area contributed by atoms with Gasteiger partial charge in [0.05, 0.1) is 0 Å². The lowest BCUT2D eigenvalue weighted by atomic mass is 9.79. The minimum absolute atomic E-state index is 0.890. The van der Waals surface area contributed by atoms with Gasteiger partial charge in [-0.15, -0.1) is 0 Å². The zero-order chi connectivity index (χ0) is 17.0. The smallest absolute Gasteiger partial charge is 0.0233 e. The van der Waals surface area contributed by atoms with Crippen molar-refractivity contribution in [2.75, 3.05) is 0 Å². The highest BCUT2D eigenvalue weighted by Crippen LogP contribution is 2.34. The highest BCUT2D eigenvalue weighted by molar-refractivity contribution is 4.93. The monoisotopic (exact) mass is 330 g/mol. The molecule has 0 saturated heterocycles. The van der Waals surface area contributed by atoms with E-state index in [1.165, 1.54) is 89.9 Å². The second-order valence-electron chi connectivity index (χ2n) is 8.57. The van der Waals surface area contributed by atoms with E-state index in [-0.39, 0.29) is 0 Å². The van der Waals surface area contributed by atoms with Gasteiger partial charge in [0.25, 0.3) is 0 Å². The topological polar surface area (TPSA) is 0 Å². The Bertz CT molecular complexity index is 348. The zero-order valence-electron chi connectivity index (χ0n) is 16.5. The quantitative estimate of drug-likeness (QED) is 0.375. The Kier molecular flexibility index (Phi) is 9.85. The van der Waals surface area contributed by atoms with Crippen LogP contribution < -0.4 is 0 Å². The van der Waals surface area contributed by atoms with Crippen LogP contribution in [-0.4, -0.2) is 0 Å². The van der Waals surface area contributed by atoms with Crippen LogP contribution >= 0.6 is 0 Å². The molecule has 0 radical (unpaired) electrons. The molecule has 138 valence electrons. The van der Waals surface area contributed by atoms with Gasteiger partial charge >= 0.3 is 0 Å². The summed E-state index contributed by atoms with van der Waals surface area (Å²) in [6.45, 7) is 4.60. The highest BCUT2D eigenvalue weighted by Gasteiger charge is 2.20. The summed E-state index contributed by atoms with van der Waals surface area (Å²) in [6.07, 6.45) is 29.9. The fourth-order valence-electron chi connectivity index (χ4n) is 4.82. The summed E-state index contributed by atoms with van der Waals surface area (Å²) >= 11 is 0. The molecule has 0 aliphatic heterocycles. The molecule has 0 aromatic rings. The van der Waals surface area contributed by atoms with Crippen molar-refractivity contribution in [2.45, 2.75) is 104 Å². The first-order chi connectivity index (χ1) is 11.8. The van der Waals surface area contributed by atoms with E-state index in [9.17, 15) is 0 Å². The Balaban J connectivity index is 1.54. The Hall–Kier alpha value is -0.520. The Morgan fingerprint density at radius 2 is 1.08 bits per heavy atom. The van der Waals surface area contributed by atoms with Gasteiger partial charge in [-0.1, -0.05) is 57.4 Å². The second kappa shape index (κ2) is 11.9. The van der Waals surface area contributed by atoms with Gasteiger partial charge in [-0.05, 0) is 94.3 Å². The maximum Gasteiger partial charge on any atom is -0.0233 e. The molecule has 0 atom stereocenters. The summed E-state index contributed by atoms with van der Waals surface area (Å²) in [4.78, 5) is 0. The summed E-state index contributed by atoms with van der Waals surface area (Å²) < 4.78 is 0. The number of rotatable bonds is 9. The van der Waals surface area contributed by atoms with Crippen molar-refractivity contribution in [2.24, 2.45) is 23.7 Å². The van der Waals surface area contributed by atoms with Crippen LogP contribution in [0.15, 0.2) is 24.3 Å². The van der Waals surface area contributed by atoms with Gasteiger partial charge in [-0.25, -0.2) is 0 Å². The van der Waals surface area contributed by atoms with Gasteiger partial charge in [0.15, 0.2) is 0 Å². The molecule has 0 heterocycles. The van der Waals surface area contributed by atoms with Crippen molar-refractivity contribution in [3.05, 3.63) is 24.3 Å². The fourth-order valence-corrected chi connectivity index (χ4v) is 4.82. The molecule has 0 aromatic heterocycles. The zero-order valence-corrected chi connectivity index (χ0v) is 16.5. The Morgan fingerprint density at radius 1 is 0.583 bits per heavy atom. The van der Waals surface area contributed by atoms with E-state index in [0.717, 1.165) is 23.7 Å². The molecular weight excluding hydrogens is 288 g/mol. The molecule has 2 rings (SSSR count). The Labute approximate surface area is 152 Å². The third-order valence-electron chi connectivity index (χ3n) is 6.49. The van der Waals surface area contributed by atoms with Crippen LogP contribution in [0, 0.1) is 23.7 Å². The number of allylic oxidation sites excluding steroid dienone is 4. The average Bonchev–Trinajstić information content (AvgIpc) is 2.62. The average molecular weight is 331 g/mol. The van der Waals surface area contributed by atoms with Crippen LogP contribution in [0.3, 0.4) is 0 Å². The van der Waals surface area contributed by atoms with E-state index >= 15 is 0 Å². The molecule has 0 amide bonds. The van der Waals surface area contributed by atoms with Gasteiger partial charge in [0.2, 0.25) is 0 Å². The van der Waals surface area contributed by atoms with Crippen molar-refractivity contribution < 1.29 is 0 Å². The normalized spacial score (nSPS) is 31.9. The SMILES string of the molecule is CCC/C=C/C1CCC(CC/C=C/C2CCC(CCC)CC2)CC1. The summed E-state index contributed by atoms with van der Waals surface area (Å²) in [5, 5.41) is 0. The van der Waals surface area contributed by atoms with Gasteiger partial charge in [0.1, 0.15) is 0 Å². The third kappa shape index (κ3) is 7.58. The van der Waals surface area contributed by atoms with E-state index in [1.807, 2.05) is 0 Å². The summed E-state index contributed by atoms with van der Waals surface area (Å²) in [5.74, 6) is 3.84. The third-order valence-corrected chi connectivity index (χ3v) is 6.49. The predicted molar refractivity (Wildman–Crippen MR) is 108 cm³/mol. The van der Waals surface area contributed by atoms with E-state index in [4.69, 9.17) is 0 Å². The molecule has 24 heavy (non-hydrogen) atoms. The molecule has 0 bridgehead atoms. The van der Waals surface area contributed by atoms with Crippen LogP contribution in [0.5, 0.6) is 0 Å². The highest BCUT2D eigenvalue weighted by atomic mass is 14.3. The molecule has 0 unspecified atom stereocenters. The minimum Gasteiger partial charge on any atom is -0.0883 e. The lowest BCUT2D eigenvalue weighted by Crippen LogP contribution is -2.13. The number of hydrogen-bond donors (Lipinski definition) is 0. The first-order valence-corrected chi connectivity index (χ1v) is 11.1. The lowest BCUT2D eigenvalue weighted by Gasteiger charge is -2.27. The predicted octanol–water partition coefficient (Wildman–Crippen LogP) is 8.09. The van der Waals surface area contributed by atoms with Gasteiger partial charge < -0.3 is 0 Å². The minimum atomic E-state index is 0.890. The number of hydrogen-bond acceptors (Lipinski definition) is 0. The van der Waals surface area contributed by atoms with Gasteiger partial charge in [-0.3, -0.25) is 0 Å². The fraction of sp³-hybridized carbons (Fsp3) is 0.833. The van der Waals surface area contributed by atoms with E-state index in [2.05, 4.69) is 38.2 Å². The van der Waals surface area contributed by atoms with Gasteiger partial charge in [0, 0.05) is 0 Å². The standard InChI is InChI=1S/C24H42/c1-3-5-6-10-22-17-19-24(20-18-22)12-8-7-11-23-15-13-21(9-4-2)14-16-23/h6-7,10-11,21-24H,3-5,8-9,12-20H2,1-2H3/b10-6+,11-7+. The van der Waals surface area contributed by atoms with Crippen LogP contribution in [0.4, 0.5) is 0 Å². The van der Waals surface area contributed by atoms with E-state index in [1.54, 1.807) is 0 Å². The summed E-state index contributed by atoms with van der Waals surface area (Å²) in [6, 6.07) is 0. The van der Waals surface area contributed by atoms with E-state index in [0.29, 0.717) is 0 Å². The van der Waals surface area contributed by atoms with Crippen molar-refractivity contribution in [3.8, 4) is 0 Å². The molecule has 2 fully saturated rings. The van der Waals surface area contributed by atoms with Gasteiger partial charge in [-0.2, -0.15) is 0 Å². The second-order valence-corrected chi connectivity index (χ2v) is 8.57. The number of unbranched alkanes of at least 4 members (excludes halogenated alkanes) is 1. The van der Waals surface area contributed by atoms with Crippen molar-refractivity contribution >= 4 is 0 Å². The van der Waals surface area contributed by atoms with Crippen LogP contribution in [0.1, 0.15) is 104 Å². The summed E-state index contributed by atoms with van der Waals surface area (Å²) in [5.41, 5.74) is 0. The summed E-state index contributed by atoms with van der Waals surface area (Å²) in [7, 11) is 0.